The van der Waals surface area contributed by atoms with E-state index in [0.717, 1.165) is 32.6 Å². The van der Waals surface area contributed by atoms with Crippen LogP contribution in [0.3, 0.4) is 0 Å². The third kappa shape index (κ3) is 3.42. The number of carbonyl (C=O) groups excluding carboxylic acids is 1. The highest BCUT2D eigenvalue weighted by atomic mass is 16.5. The zero-order chi connectivity index (χ0) is 12.3. The Morgan fingerprint density at radius 1 is 1.53 bits per heavy atom. The van der Waals surface area contributed by atoms with Crippen LogP contribution < -0.4 is 5.32 Å². The number of ether oxygens (including phenoxy) is 1. The number of hydrogen-bond acceptors (Lipinski definition) is 3. The van der Waals surface area contributed by atoms with Crippen molar-refractivity contribution in [3.05, 3.63) is 0 Å². The minimum Gasteiger partial charge on any atom is -0.380 e. The highest BCUT2D eigenvalue weighted by Gasteiger charge is 2.33. The molecule has 1 heterocycles. The van der Waals surface area contributed by atoms with Gasteiger partial charge in [-0.1, -0.05) is 0 Å². The van der Waals surface area contributed by atoms with Crippen LogP contribution >= 0.6 is 0 Å². The Labute approximate surface area is 104 Å². The molecular weight excluding hydrogens is 216 g/mol. The second kappa shape index (κ2) is 5.36. The molecule has 2 fully saturated rings. The summed E-state index contributed by atoms with van der Waals surface area (Å²) < 4.78 is 5.48. The van der Waals surface area contributed by atoms with Gasteiger partial charge >= 0.3 is 0 Å². The number of nitrogens with zero attached hydrogens (tertiary/aromatic N) is 1. The molecule has 17 heavy (non-hydrogen) atoms. The summed E-state index contributed by atoms with van der Waals surface area (Å²) in [5.74, 6) is 0.238. The van der Waals surface area contributed by atoms with Crippen LogP contribution in [0.25, 0.3) is 0 Å². The van der Waals surface area contributed by atoms with E-state index < -0.39 is 0 Å². The van der Waals surface area contributed by atoms with Crippen molar-refractivity contribution in [1.29, 1.82) is 0 Å². The van der Waals surface area contributed by atoms with Crippen molar-refractivity contribution >= 4 is 5.91 Å². The zero-order valence-corrected chi connectivity index (χ0v) is 11.0. The molecule has 2 aliphatic rings. The first-order valence-electron chi connectivity index (χ1n) is 6.77. The Kier molecular flexibility index (Phi) is 4.05. The van der Waals surface area contributed by atoms with Gasteiger partial charge in [0.25, 0.3) is 0 Å². The summed E-state index contributed by atoms with van der Waals surface area (Å²) in [6.07, 6.45) is 4.54. The van der Waals surface area contributed by atoms with Crippen LogP contribution in [0.5, 0.6) is 0 Å². The van der Waals surface area contributed by atoms with Crippen molar-refractivity contribution in [2.45, 2.75) is 51.1 Å². The number of nitrogens with one attached hydrogen (secondary N) is 1. The predicted octanol–water partition coefficient (Wildman–Crippen LogP) is 1.16. The first-order chi connectivity index (χ1) is 8.14. The molecule has 1 atom stereocenters. The largest absolute Gasteiger partial charge is 0.380 e. The zero-order valence-electron chi connectivity index (χ0n) is 11.0. The molecule has 0 aromatic rings. The van der Waals surface area contributed by atoms with Gasteiger partial charge in [0.2, 0.25) is 5.91 Å². The summed E-state index contributed by atoms with van der Waals surface area (Å²) >= 11 is 0. The van der Waals surface area contributed by atoms with Crippen LogP contribution in [0, 0.1) is 0 Å². The maximum atomic E-state index is 12.1. The molecular formula is C13H24N2O2. The summed E-state index contributed by atoms with van der Waals surface area (Å²) in [5, 5.41) is 3.38. The Morgan fingerprint density at radius 2 is 2.29 bits per heavy atom. The van der Waals surface area contributed by atoms with Crippen LogP contribution in [-0.4, -0.2) is 48.7 Å². The molecule has 0 aromatic carbocycles. The van der Waals surface area contributed by atoms with Gasteiger partial charge in [0.15, 0.2) is 0 Å². The molecule has 0 radical (unpaired) electrons. The molecule has 0 aromatic heterocycles. The second-order valence-corrected chi connectivity index (χ2v) is 5.48. The molecule has 1 unspecified atom stereocenters. The molecule has 0 spiro atoms. The topological polar surface area (TPSA) is 41.6 Å². The third-order valence-corrected chi connectivity index (χ3v) is 3.75. The molecule has 1 aliphatic heterocycles. The van der Waals surface area contributed by atoms with Crippen molar-refractivity contribution in [2.24, 2.45) is 0 Å². The van der Waals surface area contributed by atoms with Gasteiger partial charge in [0.1, 0.15) is 0 Å². The van der Waals surface area contributed by atoms with E-state index in [9.17, 15) is 4.79 Å². The molecule has 2 rings (SSSR count). The number of likely N-dealkylation sites (N-methyl/N-ethyl adjacent to an activating group) is 1. The first-order valence-corrected chi connectivity index (χ1v) is 6.77. The standard InChI is InChI=1S/C13H24N2O2/c1-3-15(11-5-6-11)12(16)9-14-13(2)7-4-8-17-10-13/h11,14H,3-10H2,1-2H3. The minimum atomic E-state index is -0.0170. The maximum Gasteiger partial charge on any atom is 0.236 e. The fourth-order valence-corrected chi connectivity index (χ4v) is 2.49. The van der Waals surface area contributed by atoms with Gasteiger partial charge in [-0.3, -0.25) is 4.79 Å². The van der Waals surface area contributed by atoms with Crippen molar-refractivity contribution in [3.63, 3.8) is 0 Å². The number of carbonyl (C=O) groups is 1. The second-order valence-electron chi connectivity index (χ2n) is 5.48. The molecule has 1 saturated heterocycles. The highest BCUT2D eigenvalue weighted by molar-refractivity contribution is 5.79. The van der Waals surface area contributed by atoms with E-state index in [4.69, 9.17) is 4.74 Å². The molecule has 1 N–H and O–H groups in total. The summed E-state index contributed by atoms with van der Waals surface area (Å²) in [6, 6.07) is 0.518. The smallest absolute Gasteiger partial charge is 0.236 e. The fourth-order valence-electron chi connectivity index (χ4n) is 2.49. The van der Waals surface area contributed by atoms with E-state index in [0.29, 0.717) is 12.6 Å². The first kappa shape index (κ1) is 12.8. The van der Waals surface area contributed by atoms with Gasteiger partial charge in [-0.15, -0.1) is 0 Å². The summed E-state index contributed by atoms with van der Waals surface area (Å²) in [5.41, 5.74) is -0.0170. The number of rotatable bonds is 5. The lowest BCUT2D eigenvalue weighted by molar-refractivity contribution is -0.131. The van der Waals surface area contributed by atoms with E-state index in [1.807, 2.05) is 4.90 Å². The predicted molar refractivity (Wildman–Crippen MR) is 66.9 cm³/mol. The van der Waals surface area contributed by atoms with E-state index in [1.165, 1.54) is 12.8 Å². The molecule has 4 nitrogen and oxygen atoms in total. The van der Waals surface area contributed by atoms with Crippen molar-refractivity contribution in [3.8, 4) is 0 Å². The lowest BCUT2D eigenvalue weighted by Crippen LogP contribution is -2.52. The SMILES string of the molecule is CCN(C(=O)CNC1(C)CCCOC1)C1CC1. The molecule has 4 heteroatoms. The van der Waals surface area contributed by atoms with E-state index >= 15 is 0 Å². The van der Waals surface area contributed by atoms with Crippen molar-refractivity contribution in [1.82, 2.24) is 10.2 Å². The summed E-state index contributed by atoms with van der Waals surface area (Å²) in [6.45, 7) is 7.06. The molecule has 98 valence electrons. The van der Waals surface area contributed by atoms with Gasteiger partial charge < -0.3 is 15.0 Å². The van der Waals surface area contributed by atoms with Gasteiger partial charge in [0, 0.05) is 24.7 Å². The van der Waals surface area contributed by atoms with E-state index in [2.05, 4.69) is 19.2 Å². The Balaban J connectivity index is 1.78. The van der Waals surface area contributed by atoms with Gasteiger partial charge in [-0.25, -0.2) is 0 Å². The van der Waals surface area contributed by atoms with Crippen LogP contribution in [0.2, 0.25) is 0 Å². The molecule has 1 amide bonds. The normalized spacial score (nSPS) is 29.1. The highest BCUT2D eigenvalue weighted by Crippen LogP contribution is 2.26. The van der Waals surface area contributed by atoms with Crippen LogP contribution in [0.1, 0.15) is 39.5 Å². The van der Waals surface area contributed by atoms with Crippen molar-refractivity contribution < 1.29 is 9.53 Å². The number of amides is 1. The minimum absolute atomic E-state index is 0.0170. The van der Waals surface area contributed by atoms with Crippen molar-refractivity contribution in [2.75, 3.05) is 26.3 Å². The molecule has 1 aliphatic carbocycles. The average molecular weight is 240 g/mol. The monoisotopic (exact) mass is 240 g/mol. The van der Waals surface area contributed by atoms with Gasteiger partial charge in [-0.05, 0) is 39.5 Å². The maximum absolute atomic E-state index is 12.1. The Bertz CT molecular complexity index is 271. The van der Waals surface area contributed by atoms with Crippen LogP contribution in [0.15, 0.2) is 0 Å². The Hall–Kier alpha value is -0.610. The fraction of sp³-hybridized carbons (Fsp3) is 0.923. The van der Waals surface area contributed by atoms with Gasteiger partial charge in [0.05, 0.1) is 13.2 Å². The average Bonchev–Trinajstić information content (AvgIpc) is 3.13. The van der Waals surface area contributed by atoms with E-state index in [-0.39, 0.29) is 11.4 Å². The summed E-state index contributed by atoms with van der Waals surface area (Å²) in [7, 11) is 0. The number of hydrogen-bond donors (Lipinski definition) is 1. The third-order valence-electron chi connectivity index (χ3n) is 3.75. The quantitative estimate of drug-likeness (QED) is 0.784. The lowest BCUT2D eigenvalue weighted by Gasteiger charge is -2.35. The van der Waals surface area contributed by atoms with E-state index in [1.54, 1.807) is 0 Å². The lowest BCUT2D eigenvalue weighted by atomic mass is 9.95. The molecule has 1 saturated carbocycles. The van der Waals surface area contributed by atoms with Crippen LogP contribution in [0.4, 0.5) is 0 Å². The molecule has 0 bridgehead atoms. The van der Waals surface area contributed by atoms with Gasteiger partial charge in [-0.2, -0.15) is 0 Å². The van der Waals surface area contributed by atoms with Crippen LogP contribution in [-0.2, 0) is 9.53 Å². The summed E-state index contributed by atoms with van der Waals surface area (Å²) in [4.78, 5) is 14.1. The Morgan fingerprint density at radius 3 is 2.82 bits per heavy atom.